The molecule has 0 bridgehead atoms. The predicted octanol–water partition coefficient (Wildman–Crippen LogP) is 0.359. The standard InChI is InChI=1S/C6H6O4.C6H10O4/c7-5-1-2-6(8)10-4-3-9-5;7-5(8)3-1-2-4-6(9)10/h1-2H,3-4H2;1-4H2,(H,7,8)(H,9,10)/b2-1-;. The molecule has 112 valence electrons. The summed E-state index contributed by atoms with van der Waals surface area (Å²) < 4.78 is 9.06. The summed E-state index contributed by atoms with van der Waals surface area (Å²) in [6.07, 6.45) is 3.10. The fourth-order valence-electron chi connectivity index (χ4n) is 1.07. The molecule has 1 aliphatic rings. The Labute approximate surface area is 115 Å². The highest BCUT2D eigenvalue weighted by atomic mass is 16.6. The summed E-state index contributed by atoms with van der Waals surface area (Å²) in [5, 5.41) is 16.3. The van der Waals surface area contributed by atoms with Gasteiger partial charge in [0.15, 0.2) is 0 Å². The first-order valence-corrected chi connectivity index (χ1v) is 5.87. The van der Waals surface area contributed by atoms with Crippen molar-refractivity contribution >= 4 is 23.9 Å². The molecule has 0 amide bonds. The van der Waals surface area contributed by atoms with Crippen molar-refractivity contribution in [3.8, 4) is 0 Å². The Bertz CT molecular complexity index is 349. The van der Waals surface area contributed by atoms with Crippen LogP contribution in [0, 0.1) is 0 Å². The monoisotopic (exact) mass is 288 g/mol. The molecule has 20 heavy (non-hydrogen) atoms. The number of ether oxygens (including phenoxy) is 2. The van der Waals surface area contributed by atoms with E-state index in [1.165, 1.54) is 0 Å². The van der Waals surface area contributed by atoms with E-state index in [-0.39, 0.29) is 26.1 Å². The number of hydrogen-bond donors (Lipinski definition) is 2. The summed E-state index contributed by atoms with van der Waals surface area (Å²) in [6.45, 7) is 0.268. The van der Waals surface area contributed by atoms with Gasteiger partial charge < -0.3 is 19.7 Å². The number of aliphatic carboxylic acids is 2. The third-order valence-corrected chi connectivity index (χ3v) is 1.96. The Morgan fingerprint density at radius 1 is 0.900 bits per heavy atom. The molecule has 1 rings (SSSR count). The van der Waals surface area contributed by atoms with Crippen LogP contribution >= 0.6 is 0 Å². The second-order valence-electron chi connectivity index (χ2n) is 3.66. The highest BCUT2D eigenvalue weighted by Gasteiger charge is 2.04. The zero-order valence-corrected chi connectivity index (χ0v) is 10.7. The van der Waals surface area contributed by atoms with Gasteiger partial charge in [-0.1, -0.05) is 0 Å². The molecule has 0 aromatic rings. The number of esters is 2. The minimum atomic E-state index is -0.870. The molecule has 1 heterocycles. The van der Waals surface area contributed by atoms with Crippen molar-refractivity contribution in [3.63, 3.8) is 0 Å². The number of carbonyl (C=O) groups is 4. The number of cyclic esters (lactones) is 2. The van der Waals surface area contributed by atoms with Crippen LogP contribution in [0.15, 0.2) is 12.2 Å². The van der Waals surface area contributed by atoms with Gasteiger partial charge in [0.1, 0.15) is 13.2 Å². The van der Waals surface area contributed by atoms with Gasteiger partial charge in [-0.05, 0) is 12.8 Å². The lowest BCUT2D eigenvalue weighted by molar-refractivity contribution is -0.148. The van der Waals surface area contributed by atoms with Crippen LogP contribution in [0.3, 0.4) is 0 Å². The maximum Gasteiger partial charge on any atom is 0.331 e. The van der Waals surface area contributed by atoms with E-state index < -0.39 is 23.9 Å². The molecule has 8 nitrogen and oxygen atoms in total. The molecule has 0 saturated heterocycles. The normalized spacial score (nSPS) is 15.6. The van der Waals surface area contributed by atoms with Crippen LogP contribution in [0.5, 0.6) is 0 Å². The molecule has 0 aromatic heterocycles. The Balaban J connectivity index is 0.000000361. The van der Waals surface area contributed by atoms with Crippen molar-refractivity contribution in [2.24, 2.45) is 0 Å². The lowest BCUT2D eigenvalue weighted by Crippen LogP contribution is -2.14. The fourth-order valence-corrected chi connectivity index (χ4v) is 1.07. The van der Waals surface area contributed by atoms with E-state index in [1.807, 2.05) is 0 Å². The Hall–Kier alpha value is -2.38. The lowest BCUT2D eigenvalue weighted by atomic mass is 10.2. The van der Waals surface area contributed by atoms with Gasteiger partial charge in [0.2, 0.25) is 0 Å². The molecule has 0 aliphatic carbocycles. The SMILES string of the molecule is O=C(O)CCCCC(=O)O.O=C1/C=C\C(=O)OCCO1. The van der Waals surface area contributed by atoms with Crippen LogP contribution in [0.25, 0.3) is 0 Å². The van der Waals surface area contributed by atoms with Gasteiger partial charge in [-0.3, -0.25) is 9.59 Å². The average molecular weight is 288 g/mol. The lowest BCUT2D eigenvalue weighted by Gasteiger charge is -2.04. The summed E-state index contributed by atoms with van der Waals surface area (Å²) in [5.41, 5.74) is 0. The van der Waals surface area contributed by atoms with Gasteiger partial charge in [0.25, 0.3) is 0 Å². The zero-order chi connectivity index (χ0) is 15.4. The number of carboxylic acid groups (broad SMARTS) is 2. The zero-order valence-electron chi connectivity index (χ0n) is 10.7. The van der Waals surface area contributed by atoms with Crippen molar-refractivity contribution in [1.29, 1.82) is 0 Å². The second-order valence-corrected chi connectivity index (χ2v) is 3.66. The van der Waals surface area contributed by atoms with Gasteiger partial charge in [-0.2, -0.15) is 0 Å². The van der Waals surface area contributed by atoms with Crippen LogP contribution in [0.4, 0.5) is 0 Å². The first-order chi connectivity index (χ1) is 9.41. The summed E-state index contributed by atoms with van der Waals surface area (Å²) >= 11 is 0. The van der Waals surface area contributed by atoms with Gasteiger partial charge >= 0.3 is 23.9 Å². The molecule has 0 fully saturated rings. The highest BCUT2D eigenvalue weighted by molar-refractivity contribution is 5.92. The number of rotatable bonds is 5. The maximum atomic E-state index is 10.5. The van der Waals surface area contributed by atoms with E-state index in [9.17, 15) is 19.2 Å². The van der Waals surface area contributed by atoms with Crippen LogP contribution in [0.1, 0.15) is 25.7 Å². The summed E-state index contributed by atoms with van der Waals surface area (Å²) in [5.74, 6) is -2.75. The van der Waals surface area contributed by atoms with Crippen molar-refractivity contribution < 1.29 is 38.9 Å². The predicted molar refractivity (Wildman–Crippen MR) is 64.8 cm³/mol. The third-order valence-electron chi connectivity index (χ3n) is 1.96. The minimum Gasteiger partial charge on any atom is -0.481 e. The van der Waals surface area contributed by atoms with E-state index in [0.29, 0.717) is 12.8 Å². The molecule has 0 spiro atoms. The minimum absolute atomic E-state index is 0.0628. The molecular formula is C12H16O8. The van der Waals surface area contributed by atoms with Gasteiger partial charge in [-0.15, -0.1) is 0 Å². The Morgan fingerprint density at radius 3 is 1.55 bits per heavy atom. The molecular weight excluding hydrogens is 272 g/mol. The summed E-state index contributed by atoms with van der Waals surface area (Å²) in [4.78, 5) is 40.7. The van der Waals surface area contributed by atoms with E-state index >= 15 is 0 Å². The first-order valence-electron chi connectivity index (χ1n) is 5.87. The van der Waals surface area contributed by atoms with Crippen LogP contribution < -0.4 is 0 Å². The van der Waals surface area contributed by atoms with Gasteiger partial charge in [-0.25, -0.2) is 9.59 Å². The largest absolute Gasteiger partial charge is 0.481 e. The smallest absolute Gasteiger partial charge is 0.331 e. The Morgan fingerprint density at radius 2 is 1.25 bits per heavy atom. The molecule has 0 saturated carbocycles. The molecule has 2 N–H and O–H groups in total. The molecule has 1 aliphatic heterocycles. The maximum absolute atomic E-state index is 10.5. The molecule has 0 unspecified atom stereocenters. The topological polar surface area (TPSA) is 127 Å². The first kappa shape index (κ1) is 17.6. The second kappa shape index (κ2) is 10.5. The van der Waals surface area contributed by atoms with Crippen molar-refractivity contribution in [2.45, 2.75) is 25.7 Å². The van der Waals surface area contributed by atoms with Crippen LogP contribution in [-0.2, 0) is 28.7 Å². The van der Waals surface area contributed by atoms with Crippen LogP contribution in [-0.4, -0.2) is 47.3 Å². The van der Waals surface area contributed by atoms with Crippen LogP contribution in [0.2, 0.25) is 0 Å². The van der Waals surface area contributed by atoms with E-state index in [0.717, 1.165) is 12.2 Å². The molecule has 0 radical (unpaired) electrons. The molecule has 8 heteroatoms. The van der Waals surface area contributed by atoms with E-state index in [1.54, 1.807) is 0 Å². The van der Waals surface area contributed by atoms with E-state index in [2.05, 4.69) is 9.47 Å². The van der Waals surface area contributed by atoms with Gasteiger partial charge in [0.05, 0.1) is 0 Å². The fraction of sp³-hybridized carbons (Fsp3) is 0.500. The van der Waals surface area contributed by atoms with Crippen molar-refractivity contribution in [2.75, 3.05) is 13.2 Å². The summed E-state index contributed by atoms with van der Waals surface area (Å²) in [6, 6.07) is 0. The average Bonchev–Trinajstić information content (AvgIpc) is 2.36. The van der Waals surface area contributed by atoms with Gasteiger partial charge in [0, 0.05) is 25.0 Å². The molecule has 0 atom stereocenters. The quantitative estimate of drug-likeness (QED) is 0.548. The number of hydrogen-bond acceptors (Lipinski definition) is 6. The molecule has 0 aromatic carbocycles. The summed E-state index contributed by atoms with van der Waals surface area (Å²) in [7, 11) is 0. The highest BCUT2D eigenvalue weighted by Crippen LogP contribution is 1.98. The third kappa shape index (κ3) is 12.1. The van der Waals surface area contributed by atoms with E-state index in [4.69, 9.17) is 10.2 Å². The number of unbranched alkanes of at least 4 members (excludes halogenated alkanes) is 1. The van der Waals surface area contributed by atoms with Crippen molar-refractivity contribution in [3.05, 3.63) is 12.2 Å². The number of carboxylic acids is 2. The number of carbonyl (C=O) groups excluding carboxylic acids is 2. The van der Waals surface area contributed by atoms with Crippen molar-refractivity contribution in [1.82, 2.24) is 0 Å². The Kier molecular flexibility index (Phi) is 9.28.